The van der Waals surface area contributed by atoms with Crippen molar-refractivity contribution in [1.82, 2.24) is 26.6 Å². The van der Waals surface area contributed by atoms with Crippen LogP contribution in [0.5, 0.6) is 0 Å². The molecule has 35 nitrogen and oxygen atoms in total. The van der Waals surface area contributed by atoms with Crippen LogP contribution in [-0.2, 0) is 133 Å². The summed E-state index contributed by atoms with van der Waals surface area (Å²) in [6.07, 6.45) is -8.06. The molecule has 0 aliphatic carbocycles. The Morgan fingerprint density at radius 1 is 0.440 bits per heavy atom. The third-order valence-corrected chi connectivity index (χ3v) is 12.6. The average molecular weight is 1310 g/mol. The summed E-state index contributed by atoms with van der Waals surface area (Å²) in [4.78, 5) is 146. The van der Waals surface area contributed by atoms with Gasteiger partial charge in [-0.05, 0) is 45.1 Å². The summed E-state index contributed by atoms with van der Waals surface area (Å²) < 4.78 is 88.3. The number of carbonyl (C=O) groups excluding carboxylic acids is 11. The van der Waals surface area contributed by atoms with Gasteiger partial charge in [0.05, 0.1) is 79.3 Å². The molecule has 1 unspecified atom stereocenters. The van der Waals surface area contributed by atoms with Crippen molar-refractivity contribution in [1.29, 1.82) is 0 Å². The van der Waals surface area contributed by atoms with Gasteiger partial charge in [0.2, 0.25) is 29.5 Å². The number of aliphatic carboxylic acids is 1. The van der Waals surface area contributed by atoms with Gasteiger partial charge in [0, 0.05) is 61.9 Å². The minimum atomic E-state index is -1.29. The van der Waals surface area contributed by atoms with Gasteiger partial charge in [-0.15, -0.1) is 0 Å². The van der Waals surface area contributed by atoms with E-state index < -0.39 is 158 Å². The zero-order valence-corrected chi connectivity index (χ0v) is 52.9. The predicted molar refractivity (Wildman–Crippen MR) is 306 cm³/mol. The summed E-state index contributed by atoms with van der Waals surface area (Å²) in [6.45, 7) is 8.70. The number of hydrogen-bond donors (Lipinski definition) is 7. The number of hydrogen-bond acceptors (Lipinski definition) is 29. The Bertz CT molecular complexity index is 2280. The number of nitrogens with two attached hydrogens (primary N) is 1. The molecule has 0 aromatic carbocycles. The highest BCUT2D eigenvalue weighted by Gasteiger charge is 2.53. The lowest BCUT2D eigenvalue weighted by atomic mass is 9.96. The maximum atomic E-state index is 13.4. The van der Waals surface area contributed by atoms with Crippen molar-refractivity contribution in [2.45, 2.75) is 167 Å². The number of carboxylic acid groups (broad SMARTS) is 1. The first-order valence-corrected chi connectivity index (χ1v) is 29.6. The first kappa shape index (κ1) is 80.3. The second-order valence-electron chi connectivity index (χ2n) is 20.4. The minimum absolute atomic E-state index is 0.00267. The summed E-state index contributed by atoms with van der Waals surface area (Å²) in [7, 11) is 0. The number of amides is 5. The summed E-state index contributed by atoms with van der Waals surface area (Å²) in [6, 6.07) is -4.67. The molecule has 0 bridgehead atoms. The van der Waals surface area contributed by atoms with Crippen LogP contribution in [0.3, 0.4) is 0 Å². The lowest BCUT2D eigenvalue weighted by Gasteiger charge is -2.44. The van der Waals surface area contributed by atoms with Gasteiger partial charge in [-0.2, -0.15) is 0 Å². The van der Waals surface area contributed by atoms with Crippen molar-refractivity contribution in [3.05, 3.63) is 0 Å². The molecule has 2 fully saturated rings. The van der Waals surface area contributed by atoms with Gasteiger partial charge in [0.1, 0.15) is 62.8 Å². The molecule has 520 valence electrons. The van der Waals surface area contributed by atoms with E-state index in [1.165, 1.54) is 13.8 Å². The normalized spacial score (nSPS) is 21.7. The first-order valence-electron chi connectivity index (χ1n) is 29.6. The van der Waals surface area contributed by atoms with Gasteiger partial charge in [-0.25, -0.2) is 4.79 Å². The smallest absolute Gasteiger partial charge is 0.326 e. The number of carboxylic acids is 1. The molecule has 0 saturated carbocycles. The fraction of sp³-hybridized carbons (Fsp3) is 0.786. The van der Waals surface area contributed by atoms with E-state index in [0.29, 0.717) is 32.2 Å². The van der Waals surface area contributed by atoms with Gasteiger partial charge in [-0.1, -0.05) is 0 Å². The molecule has 8 N–H and O–H groups in total. The molecular formula is C56H92N6O29. The monoisotopic (exact) mass is 1310 g/mol. The minimum Gasteiger partial charge on any atom is -0.480 e. The van der Waals surface area contributed by atoms with E-state index in [1.54, 1.807) is 0 Å². The van der Waals surface area contributed by atoms with E-state index >= 15 is 0 Å². The molecule has 2 saturated heterocycles. The SMILES string of the molecule is CC(=O)N[C@H]1[C@H](OCCOCCOCCOCC(=O)N[C@@H](CCCCNC(=O)COCCOCCOCCO[C@@H]2OC(COC(C)=O)[C@H](OC(C)=O)[C@H](OC(C)=O)[C@H]2NC(C)=O)C(=O)N[C@@H](CCCCN)C(=O)O)O[C@H](COC(C)=O)[C@H](OC(C)=O)[C@@H]1OC(C)=O. The summed E-state index contributed by atoms with van der Waals surface area (Å²) >= 11 is 0. The number of esters is 6. The topological polar surface area (TPSA) is 459 Å². The van der Waals surface area contributed by atoms with Crippen molar-refractivity contribution in [2.75, 3.05) is 119 Å². The largest absolute Gasteiger partial charge is 0.480 e. The van der Waals surface area contributed by atoms with Crippen LogP contribution < -0.4 is 32.3 Å². The molecule has 2 aliphatic heterocycles. The number of rotatable bonds is 47. The van der Waals surface area contributed by atoms with Gasteiger partial charge in [0.25, 0.3) is 0 Å². The van der Waals surface area contributed by atoms with Crippen molar-refractivity contribution in [2.24, 2.45) is 5.73 Å². The zero-order valence-electron chi connectivity index (χ0n) is 52.9. The van der Waals surface area contributed by atoms with Crippen LogP contribution >= 0.6 is 0 Å². The molecule has 0 aromatic rings. The molecule has 0 spiro atoms. The average Bonchev–Trinajstić information content (AvgIpc) is 0.949. The van der Waals surface area contributed by atoms with Crippen LogP contribution in [0.15, 0.2) is 0 Å². The highest BCUT2D eigenvalue weighted by Crippen LogP contribution is 2.30. The van der Waals surface area contributed by atoms with E-state index in [9.17, 15) is 62.6 Å². The van der Waals surface area contributed by atoms with Crippen molar-refractivity contribution >= 4 is 71.3 Å². The molecule has 2 rings (SSSR count). The Kier molecular flexibility index (Phi) is 40.8. The van der Waals surface area contributed by atoms with Gasteiger partial charge >= 0.3 is 41.8 Å². The molecule has 0 radical (unpaired) electrons. The number of ether oxygens (including phenoxy) is 16. The molecule has 91 heavy (non-hydrogen) atoms. The van der Waals surface area contributed by atoms with Crippen LogP contribution in [0.25, 0.3) is 0 Å². The highest BCUT2D eigenvalue weighted by molar-refractivity contribution is 5.90. The fourth-order valence-corrected chi connectivity index (χ4v) is 8.80. The molecule has 35 heteroatoms. The maximum absolute atomic E-state index is 13.4. The molecule has 0 aromatic heterocycles. The Hall–Kier alpha value is -6.80. The molecule has 2 heterocycles. The van der Waals surface area contributed by atoms with E-state index in [2.05, 4.69) is 26.6 Å². The van der Waals surface area contributed by atoms with Crippen molar-refractivity contribution < 1.29 is 138 Å². The van der Waals surface area contributed by atoms with Crippen LogP contribution in [0.4, 0.5) is 0 Å². The lowest BCUT2D eigenvalue weighted by Crippen LogP contribution is -2.66. The number of nitrogens with one attached hydrogen (secondary N) is 5. The first-order chi connectivity index (χ1) is 43.3. The van der Waals surface area contributed by atoms with Crippen LogP contribution in [0, 0.1) is 0 Å². The Balaban J connectivity index is 1.75. The van der Waals surface area contributed by atoms with E-state index in [-0.39, 0.29) is 112 Å². The standard InChI is InChI=1S/C56H92N6O29/c1-33(63)59-47-51(88-39(7)69)49(86-37(5)67)43(29-84-35(3)65)90-55(47)82-27-25-78-19-17-76-21-23-80-31-45(71)58-16-12-10-13-41(53(73)62-42(54(74)75)14-9-11-15-57)61-46(72)32-81-24-22-77-18-20-79-26-28-83-56-48(60-34(2)64)52(89-40(8)70)50(87-38(6)68)44(91-56)30-85-36(4)66/h41-44,47-52,55-56H,9-32,57H2,1-8H3,(H,58,71)(H,59,63)(H,60,64)(H,61,72)(H,62,73)(H,74,75)/t41-,42-,43?,44+,47+,48+,49-,50-,51+,52+,55+,56+/m0/s1. The summed E-state index contributed by atoms with van der Waals surface area (Å²) in [5, 5.41) is 22.7. The molecule has 12 atom stereocenters. The van der Waals surface area contributed by atoms with E-state index in [1.807, 2.05) is 0 Å². The summed E-state index contributed by atoms with van der Waals surface area (Å²) in [5.41, 5.74) is 5.56. The Labute approximate surface area is 526 Å². The number of carbonyl (C=O) groups is 12. The van der Waals surface area contributed by atoms with Gasteiger partial charge in [0.15, 0.2) is 37.0 Å². The molecule has 5 amide bonds. The third kappa shape index (κ3) is 35.6. The molecule has 2 aliphatic rings. The van der Waals surface area contributed by atoms with E-state index in [0.717, 1.165) is 41.5 Å². The fourth-order valence-electron chi connectivity index (χ4n) is 8.80. The third-order valence-electron chi connectivity index (χ3n) is 12.6. The predicted octanol–water partition coefficient (Wildman–Crippen LogP) is -3.10. The maximum Gasteiger partial charge on any atom is 0.326 e. The summed E-state index contributed by atoms with van der Waals surface area (Å²) in [5.74, 6) is -8.47. The zero-order chi connectivity index (χ0) is 67.7. The van der Waals surface area contributed by atoms with Gasteiger partial charge in [-0.3, -0.25) is 52.7 Å². The molecular weight excluding hydrogens is 1220 g/mol. The van der Waals surface area contributed by atoms with Crippen LogP contribution in [0.2, 0.25) is 0 Å². The van der Waals surface area contributed by atoms with Crippen LogP contribution in [0.1, 0.15) is 93.9 Å². The van der Waals surface area contributed by atoms with Crippen LogP contribution in [-0.4, -0.2) is 269 Å². The van der Waals surface area contributed by atoms with Crippen molar-refractivity contribution in [3.63, 3.8) is 0 Å². The highest BCUT2D eigenvalue weighted by atomic mass is 16.7. The second-order valence-corrected chi connectivity index (χ2v) is 20.4. The van der Waals surface area contributed by atoms with Crippen molar-refractivity contribution in [3.8, 4) is 0 Å². The Morgan fingerprint density at radius 3 is 1.20 bits per heavy atom. The van der Waals surface area contributed by atoms with Gasteiger partial charge < -0.3 is 113 Å². The quantitative estimate of drug-likeness (QED) is 0.0180. The Morgan fingerprint density at radius 2 is 0.813 bits per heavy atom. The number of unbranched alkanes of at least 4 members (excludes halogenated alkanes) is 2. The second kappa shape index (κ2) is 46.3. The lowest BCUT2D eigenvalue weighted by molar-refractivity contribution is -0.279. The van der Waals surface area contributed by atoms with E-state index in [4.69, 9.17) is 81.5 Å².